The minimum atomic E-state index is 0.736. The third-order valence-electron chi connectivity index (χ3n) is 2.06. The van der Waals surface area contributed by atoms with E-state index < -0.39 is 0 Å². The van der Waals surface area contributed by atoms with Crippen molar-refractivity contribution < 1.29 is 9.47 Å². The summed E-state index contributed by atoms with van der Waals surface area (Å²) in [5.41, 5.74) is 1.12. The van der Waals surface area contributed by atoms with Crippen LogP contribution in [-0.4, -0.2) is 20.8 Å². The van der Waals surface area contributed by atoms with Gasteiger partial charge >= 0.3 is 0 Å². The molecule has 0 heterocycles. The molecule has 4 heteroatoms. The van der Waals surface area contributed by atoms with Gasteiger partial charge in [0.05, 0.1) is 14.2 Å². The van der Waals surface area contributed by atoms with Crippen LogP contribution in [0.3, 0.4) is 0 Å². The van der Waals surface area contributed by atoms with E-state index in [-0.39, 0.29) is 0 Å². The van der Waals surface area contributed by atoms with Crippen LogP contribution in [0.5, 0.6) is 11.5 Å². The SMILES string of the molecule is C=C(Br)CNCc1cc(OC)cc(OC)c1. The lowest BCUT2D eigenvalue weighted by atomic mass is 10.2. The highest BCUT2D eigenvalue weighted by molar-refractivity contribution is 9.11. The number of hydrogen-bond donors (Lipinski definition) is 1. The van der Waals surface area contributed by atoms with Crippen molar-refractivity contribution in [2.24, 2.45) is 0 Å². The molecule has 3 nitrogen and oxygen atoms in total. The second kappa shape index (κ2) is 6.55. The van der Waals surface area contributed by atoms with Crippen LogP contribution < -0.4 is 14.8 Å². The molecule has 0 atom stereocenters. The number of methoxy groups -OCH3 is 2. The highest BCUT2D eigenvalue weighted by Gasteiger charge is 2.01. The summed E-state index contributed by atoms with van der Waals surface area (Å²) in [6.07, 6.45) is 0. The number of ether oxygens (including phenoxy) is 2. The Hall–Kier alpha value is -1.00. The van der Waals surface area contributed by atoms with Crippen LogP contribution in [0, 0.1) is 0 Å². The average Bonchev–Trinajstić information content (AvgIpc) is 2.28. The molecular formula is C12H16BrNO2. The van der Waals surface area contributed by atoms with Crippen LogP contribution in [0.25, 0.3) is 0 Å². The summed E-state index contributed by atoms with van der Waals surface area (Å²) in [6, 6.07) is 5.81. The Morgan fingerprint density at radius 1 is 1.25 bits per heavy atom. The molecule has 88 valence electrons. The normalized spacial score (nSPS) is 9.94. The van der Waals surface area contributed by atoms with Crippen molar-refractivity contribution in [2.45, 2.75) is 6.54 Å². The maximum atomic E-state index is 5.19. The summed E-state index contributed by atoms with van der Waals surface area (Å²) in [6.45, 7) is 5.24. The first-order chi connectivity index (χ1) is 7.65. The number of hydrogen-bond acceptors (Lipinski definition) is 3. The summed E-state index contributed by atoms with van der Waals surface area (Å²) in [4.78, 5) is 0. The quantitative estimate of drug-likeness (QED) is 0.872. The van der Waals surface area contributed by atoms with Gasteiger partial charge in [0.25, 0.3) is 0 Å². The van der Waals surface area contributed by atoms with Crippen LogP contribution in [0.15, 0.2) is 29.3 Å². The minimum Gasteiger partial charge on any atom is -0.497 e. The van der Waals surface area contributed by atoms with Crippen molar-refractivity contribution in [3.05, 3.63) is 34.8 Å². The van der Waals surface area contributed by atoms with Gasteiger partial charge in [0, 0.05) is 23.6 Å². The van der Waals surface area contributed by atoms with E-state index in [1.807, 2.05) is 18.2 Å². The fourth-order valence-corrected chi connectivity index (χ4v) is 1.51. The number of halogens is 1. The maximum Gasteiger partial charge on any atom is 0.122 e. The molecule has 16 heavy (non-hydrogen) atoms. The third kappa shape index (κ3) is 4.24. The van der Waals surface area contributed by atoms with Gasteiger partial charge in [-0.15, -0.1) is 0 Å². The van der Waals surface area contributed by atoms with E-state index in [0.29, 0.717) is 0 Å². The zero-order valence-electron chi connectivity index (χ0n) is 9.55. The lowest BCUT2D eigenvalue weighted by molar-refractivity contribution is 0.393. The molecule has 0 aromatic heterocycles. The lowest BCUT2D eigenvalue weighted by Gasteiger charge is -2.09. The van der Waals surface area contributed by atoms with Crippen LogP contribution in [0.4, 0.5) is 0 Å². The minimum absolute atomic E-state index is 0.736. The fourth-order valence-electron chi connectivity index (χ4n) is 1.31. The Morgan fingerprint density at radius 3 is 2.25 bits per heavy atom. The molecule has 1 aromatic rings. The monoisotopic (exact) mass is 285 g/mol. The van der Waals surface area contributed by atoms with E-state index >= 15 is 0 Å². The van der Waals surface area contributed by atoms with E-state index in [9.17, 15) is 0 Å². The highest BCUT2D eigenvalue weighted by Crippen LogP contribution is 2.22. The van der Waals surface area contributed by atoms with Gasteiger partial charge in [0.15, 0.2) is 0 Å². The zero-order valence-corrected chi connectivity index (χ0v) is 11.1. The van der Waals surface area contributed by atoms with E-state index in [2.05, 4.69) is 27.8 Å². The largest absolute Gasteiger partial charge is 0.497 e. The molecule has 0 unspecified atom stereocenters. The van der Waals surface area contributed by atoms with E-state index in [0.717, 1.165) is 34.6 Å². The van der Waals surface area contributed by atoms with Gasteiger partial charge in [0.1, 0.15) is 11.5 Å². The molecule has 0 radical (unpaired) electrons. The van der Waals surface area contributed by atoms with Crippen molar-refractivity contribution in [3.8, 4) is 11.5 Å². The molecule has 0 fully saturated rings. The standard InChI is InChI=1S/C12H16BrNO2/c1-9(13)7-14-8-10-4-11(15-2)6-12(5-10)16-3/h4-6,14H,1,7-8H2,2-3H3. The predicted octanol–water partition coefficient (Wildman–Crippen LogP) is 2.70. The smallest absolute Gasteiger partial charge is 0.122 e. The first kappa shape index (κ1) is 13.1. The van der Waals surface area contributed by atoms with Crippen molar-refractivity contribution in [2.75, 3.05) is 20.8 Å². The molecular weight excluding hydrogens is 270 g/mol. The van der Waals surface area contributed by atoms with E-state index in [1.165, 1.54) is 0 Å². The molecule has 0 spiro atoms. The fraction of sp³-hybridized carbons (Fsp3) is 0.333. The topological polar surface area (TPSA) is 30.5 Å². The molecule has 0 saturated heterocycles. The Kier molecular flexibility index (Phi) is 5.35. The van der Waals surface area contributed by atoms with E-state index in [1.54, 1.807) is 14.2 Å². The molecule has 0 aliphatic rings. The van der Waals surface area contributed by atoms with Gasteiger partial charge in [-0.3, -0.25) is 0 Å². The summed E-state index contributed by atoms with van der Waals surface area (Å²) in [7, 11) is 3.29. The summed E-state index contributed by atoms with van der Waals surface area (Å²) >= 11 is 3.30. The molecule has 1 rings (SSSR count). The van der Waals surface area contributed by atoms with Crippen molar-refractivity contribution in [3.63, 3.8) is 0 Å². The molecule has 0 bridgehead atoms. The Labute approximate surface area is 105 Å². The van der Waals surface area contributed by atoms with Gasteiger partial charge < -0.3 is 14.8 Å². The van der Waals surface area contributed by atoms with Gasteiger partial charge in [0.2, 0.25) is 0 Å². The highest BCUT2D eigenvalue weighted by atomic mass is 79.9. The molecule has 0 aliphatic heterocycles. The number of benzene rings is 1. The number of rotatable bonds is 6. The van der Waals surface area contributed by atoms with Gasteiger partial charge in [-0.2, -0.15) is 0 Å². The maximum absolute atomic E-state index is 5.19. The predicted molar refractivity (Wildman–Crippen MR) is 69.3 cm³/mol. The molecule has 0 aliphatic carbocycles. The Bertz CT molecular complexity index is 344. The molecule has 0 saturated carbocycles. The summed E-state index contributed by atoms with van der Waals surface area (Å²) in [5, 5.41) is 3.25. The summed E-state index contributed by atoms with van der Waals surface area (Å²) < 4.78 is 11.3. The lowest BCUT2D eigenvalue weighted by Crippen LogP contribution is -2.14. The molecule has 1 aromatic carbocycles. The zero-order chi connectivity index (χ0) is 12.0. The van der Waals surface area contributed by atoms with E-state index in [4.69, 9.17) is 9.47 Å². The van der Waals surface area contributed by atoms with Crippen molar-refractivity contribution >= 4 is 15.9 Å². The Balaban J connectivity index is 2.67. The van der Waals surface area contributed by atoms with Crippen molar-refractivity contribution in [1.82, 2.24) is 5.32 Å². The molecule has 1 N–H and O–H groups in total. The van der Waals surface area contributed by atoms with Crippen LogP contribution >= 0.6 is 15.9 Å². The third-order valence-corrected chi connectivity index (χ3v) is 2.34. The van der Waals surface area contributed by atoms with Crippen molar-refractivity contribution in [1.29, 1.82) is 0 Å². The second-order valence-electron chi connectivity index (χ2n) is 3.34. The number of nitrogens with one attached hydrogen (secondary N) is 1. The first-order valence-electron chi connectivity index (χ1n) is 4.91. The van der Waals surface area contributed by atoms with Crippen LogP contribution in [-0.2, 0) is 6.54 Å². The average molecular weight is 286 g/mol. The van der Waals surface area contributed by atoms with Crippen LogP contribution in [0.2, 0.25) is 0 Å². The van der Waals surface area contributed by atoms with Gasteiger partial charge in [-0.25, -0.2) is 0 Å². The Morgan fingerprint density at radius 2 is 1.81 bits per heavy atom. The van der Waals surface area contributed by atoms with Gasteiger partial charge in [-0.05, 0) is 17.7 Å². The first-order valence-corrected chi connectivity index (χ1v) is 5.71. The van der Waals surface area contributed by atoms with Crippen LogP contribution in [0.1, 0.15) is 5.56 Å². The van der Waals surface area contributed by atoms with Gasteiger partial charge in [-0.1, -0.05) is 22.5 Å². The second-order valence-corrected chi connectivity index (χ2v) is 4.46. The summed E-state index contributed by atoms with van der Waals surface area (Å²) in [5.74, 6) is 1.60. The molecule has 0 amide bonds.